The smallest absolute Gasteiger partial charge is 0.416 e. The maximum Gasteiger partial charge on any atom is 0.416 e. The first-order valence-electron chi connectivity index (χ1n) is 12.5. The van der Waals surface area contributed by atoms with Gasteiger partial charge in [-0.15, -0.1) is 22.7 Å². The molecule has 6 aromatic rings. The summed E-state index contributed by atoms with van der Waals surface area (Å²) in [5.41, 5.74) is 0.484. The van der Waals surface area contributed by atoms with Crippen LogP contribution in [-0.4, -0.2) is 34.4 Å². The highest BCUT2D eigenvalue weighted by atomic mass is 32.1. The first-order valence-corrected chi connectivity index (χ1v) is 14.1. The average Bonchev–Trinajstić information content (AvgIpc) is 3.61. The topological polar surface area (TPSA) is 84.7 Å². The molecule has 0 spiro atoms. The number of halogens is 6. The normalized spacial score (nSPS) is 11.8. The standard InChI is InChI=1S/2C15H10F3NO2S/c2*1-21-12-6-8(2-4-11(12)20)14-19-10-7-9(15(16,17)18)3-5-13(10)22-14/h2*2-7,20H,1H3. The van der Waals surface area contributed by atoms with E-state index in [0.717, 1.165) is 24.3 Å². The number of phenolic OH excluding ortho intramolecular Hbond substituents is 2. The van der Waals surface area contributed by atoms with Crippen molar-refractivity contribution in [2.24, 2.45) is 0 Å². The number of rotatable bonds is 4. The molecule has 0 fully saturated rings. The van der Waals surface area contributed by atoms with Gasteiger partial charge in [0.25, 0.3) is 0 Å². The van der Waals surface area contributed by atoms with Crippen LogP contribution >= 0.6 is 22.7 Å². The number of methoxy groups -OCH3 is 2. The van der Waals surface area contributed by atoms with Crippen molar-refractivity contribution in [1.29, 1.82) is 0 Å². The molecule has 2 N–H and O–H groups in total. The maximum atomic E-state index is 12.7. The Balaban J connectivity index is 0.000000175. The van der Waals surface area contributed by atoms with Gasteiger partial charge in [0.1, 0.15) is 10.0 Å². The van der Waals surface area contributed by atoms with E-state index in [9.17, 15) is 36.6 Å². The molecule has 0 amide bonds. The minimum absolute atomic E-state index is 0.00767. The summed E-state index contributed by atoms with van der Waals surface area (Å²) in [5.74, 6) is 0.555. The average molecular weight is 651 g/mol. The molecule has 0 saturated heterocycles. The third-order valence-electron chi connectivity index (χ3n) is 6.28. The van der Waals surface area contributed by atoms with Crippen LogP contribution in [0, 0.1) is 0 Å². The molecule has 0 aliphatic carbocycles. The van der Waals surface area contributed by atoms with E-state index < -0.39 is 23.5 Å². The number of nitrogens with zero attached hydrogens (tertiary/aromatic N) is 2. The van der Waals surface area contributed by atoms with Crippen LogP contribution < -0.4 is 9.47 Å². The molecular weight excluding hydrogens is 630 g/mol. The fourth-order valence-electron chi connectivity index (χ4n) is 4.08. The minimum Gasteiger partial charge on any atom is -0.504 e. The van der Waals surface area contributed by atoms with E-state index in [-0.39, 0.29) is 23.0 Å². The fourth-order valence-corrected chi connectivity index (χ4v) is 5.96. The van der Waals surface area contributed by atoms with Crippen molar-refractivity contribution in [1.82, 2.24) is 9.97 Å². The Morgan fingerprint density at radius 1 is 0.568 bits per heavy atom. The molecule has 2 heterocycles. The summed E-state index contributed by atoms with van der Waals surface area (Å²) in [6, 6.07) is 16.4. The summed E-state index contributed by atoms with van der Waals surface area (Å²) in [7, 11) is 2.85. The highest BCUT2D eigenvalue weighted by Gasteiger charge is 2.31. The molecule has 228 valence electrons. The zero-order chi connectivity index (χ0) is 31.8. The number of hydrogen-bond donors (Lipinski definition) is 2. The molecule has 4 aromatic carbocycles. The third-order valence-corrected chi connectivity index (χ3v) is 8.45. The first kappa shape index (κ1) is 30.9. The molecule has 14 heteroatoms. The van der Waals surface area contributed by atoms with Crippen molar-refractivity contribution in [3.05, 3.63) is 83.9 Å². The summed E-state index contributed by atoms with van der Waals surface area (Å²) in [6.45, 7) is 0. The van der Waals surface area contributed by atoms with E-state index in [2.05, 4.69) is 9.97 Å². The van der Waals surface area contributed by atoms with Crippen molar-refractivity contribution in [2.45, 2.75) is 12.4 Å². The van der Waals surface area contributed by atoms with Gasteiger partial charge in [0.05, 0.1) is 45.8 Å². The van der Waals surface area contributed by atoms with Crippen LogP contribution in [0.2, 0.25) is 0 Å². The number of hydrogen-bond acceptors (Lipinski definition) is 8. The first-order chi connectivity index (χ1) is 20.8. The molecule has 44 heavy (non-hydrogen) atoms. The molecule has 6 rings (SSSR count). The van der Waals surface area contributed by atoms with Gasteiger partial charge in [-0.25, -0.2) is 9.97 Å². The molecule has 0 saturated carbocycles. The quantitative estimate of drug-likeness (QED) is 0.185. The lowest BCUT2D eigenvalue weighted by Gasteiger charge is -2.05. The Kier molecular flexibility index (Phi) is 8.32. The minimum atomic E-state index is -4.39. The predicted octanol–water partition coefficient (Wildman–Crippen LogP) is 9.39. The van der Waals surface area contributed by atoms with Crippen LogP contribution in [0.3, 0.4) is 0 Å². The summed E-state index contributed by atoms with van der Waals surface area (Å²) >= 11 is 2.56. The van der Waals surface area contributed by atoms with Crippen molar-refractivity contribution in [2.75, 3.05) is 14.2 Å². The largest absolute Gasteiger partial charge is 0.504 e. The number of alkyl halides is 6. The number of aromatic nitrogens is 2. The van der Waals surface area contributed by atoms with E-state index in [1.807, 2.05) is 0 Å². The predicted molar refractivity (Wildman–Crippen MR) is 157 cm³/mol. The second-order valence-electron chi connectivity index (χ2n) is 9.17. The van der Waals surface area contributed by atoms with Crippen LogP contribution in [0.15, 0.2) is 72.8 Å². The van der Waals surface area contributed by atoms with Gasteiger partial charge >= 0.3 is 12.4 Å². The number of phenols is 2. The Morgan fingerprint density at radius 3 is 1.30 bits per heavy atom. The Labute approximate surface area is 253 Å². The van der Waals surface area contributed by atoms with Gasteiger partial charge < -0.3 is 19.7 Å². The van der Waals surface area contributed by atoms with Gasteiger partial charge in [0.2, 0.25) is 0 Å². The lowest BCUT2D eigenvalue weighted by Crippen LogP contribution is -2.03. The second-order valence-corrected chi connectivity index (χ2v) is 11.2. The molecule has 0 atom stereocenters. The molecule has 6 nitrogen and oxygen atoms in total. The van der Waals surface area contributed by atoms with Crippen LogP contribution in [0.4, 0.5) is 26.3 Å². The summed E-state index contributed by atoms with van der Waals surface area (Å²) in [6.07, 6.45) is -8.78. The number of fused-ring (bicyclic) bond motifs is 2. The Morgan fingerprint density at radius 2 is 0.955 bits per heavy atom. The zero-order valence-electron chi connectivity index (χ0n) is 22.6. The maximum absolute atomic E-state index is 12.7. The van der Waals surface area contributed by atoms with Crippen LogP contribution in [0.5, 0.6) is 23.0 Å². The molecule has 0 bridgehead atoms. The molecular formula is C30H20F6N2O4S2. The van der Waals surface area contributed by atoms with Crippen molar-refractivity contribution < 1.29 is 46.0 Å². The summed E-state index contributed by atoms with van der Waals surface area (Å²) < 4.78 is 87.7. The van der Waals surface area contributed by atoms with E-state index >= 15 is 0 Å². The van der Waals surface area contributed by atoms with Gasteiger partial charge in [0, 0.05) is 11.1 Å². The highest BCUT2D eigenvalue weighted by Crippen LogP contribution is 2.39. The van der Waals surface area contributed by atoms with E-state index in [1.165, 1.54) is 61.2 Å². The van der Waals surface area contributed by atoms with Crippen LogP contribution in [0.1, 0.15) is 11.1 Å². The third kappa shape index (κ3) is 6.50. The highest BCUT2D eigenvalue weighted by molar-refractivity contribution is 7.22. The number of thiazole rings is 2. The van der Waals surface area contributed by atoms with Gasteiger partial charge in [-0.2, -0.15) is 26.3 Å². The van der Waals surface area contributed by atoms with Crippen molar-refractivity contribution >= 4 is 43.1 Å². The van der Waals surface area contributed by atoms with Crippen molar-refractivity contribution in [3.8, 4) is 44.1 Å². The molecule has 2 aromatic heterocycles. The van der Waals surface area contributed by atoms with Crippen molar-refractivity contribution in [3.63, 3.8) is 0 Å². The monoisotopic (exact) mass is 650 g/mol. The Hall–Kier alpha value is -4.56. The molecule has 0 aliphatic heterocycles. The number of benzene rings is 4. The van der Waals surface area contributed by atoms with E-state index in [4.69, 9.17) is 9.47 Å². The fraction of sp³-hybridized carbons (Fsp3) is 0.133. The Bertz CT molecular complexity index is 1830. The SMILES string of the molecule is COc1cc(-c2nc3cc(C(F)(F)F)ccc3s2)ccc1O.COc1cc(-c2nc3cc(C(F)(F)F)ccc3s2)ccc1O. The second kappa shape index (κ2) is 11.8. The lowest BCUT2D eigenvalue weighted by molar-refractivity contribution is -0.138. The van der Waals surface area contributed by atoms with Gasteiger partial charge in [-0.3, -0.25) is 0 Å². The van der Waals surface area contributed by atoms with Gasteiger partial charge in [-0.1, -0.05) is 0 Å². The molecule has 0 aliphatic rings. The van der Waals surface area contributed by atoms with E-state index in [0.29, 0.717) is 41.6 Å². The van der Waals surface area contributed by atoms with Gasteiger partial charge in [-0.05, 0) is 72.8 Å². The summed E-state index contributed by atoms with van der Waals surface area (Å²) in [4.78, 5) is 8.49. The molecule has 0 radical (unpaired) electrons. The summed E-state index contributed by atoms with van der Waals surface area (Å²) in [5, 5.41) is 20.3. The van der Waals surface area contributed by atoms with Crippen LogP contribution in [-0.2, 0) is 12.4 Å². The lowest BCUT2D eigenvalue weighted by atomic mass is 10.2. The molecule has 0 unspecified atom stereocenters. The zero-order valence-corrected chi connectivity index (χ0v) is 24.3. The number of aromatic hydroxyl groups is 2. The van der Waals surface area contributed by atoms with Gasteiger partial charge in [0.15, 0.2) is 23.0 Å². The van der Waals surface area contributed by atoms with Crippen LogP contribution in [0.25, 0.3) is 41.6 Å². The number of ether oxygens (including phenoxy) is 2. The van der Waals surface area contributed by atoms with E-state index in [1.54, 1.807) is 24.3 Å².